The summed E-state index contributed by atoms with van der Waals surface area (Å²) in [6.45, 7) is 4.14. The highest BCUT2D eigenvalue weighted by molar-refractivity contribution is 7.97. The minimum atomic E-state index is -0.686. The van der Waals surface area contributed by atoms with Gasteiger partial charge in [0.05, 0.1) is 11.9 Å². The number of nitrogen functional groups attached to an aromatic ring is 1. The standard InChI is InChI=1S/C14H17N5OS/c1-8(2)19-21-10-5-3-4-9(6-10)11-7-17-13(15)12(18-11)14(16)20/h3-8,19H,1-2H3,(H2,15,17)(H2,16,20). The fourth-order valence-electron chi connectivity index (χ4n) is 1.62. The highest BCUT2D eigenvalue weighted by atomic mass is 32.2. The Morgan fingerprint density at radius 2 is 2.14 bits per heavy atom. The van der Waals surface area contributed by atoms with Crippen LogP contribution in [0.3, 0.4) is 0 Å². The number of amides is 1. The second kappa shape index (κ2) is 6.55. The molecule has 0 atom stereocenters. The van der Waals surface area contributed by atoms with E-state index in [2.05, 4.69) is 28.5 Å². The number of hydrogen-bond acceptors (Lipinski definition) is 6. The number of rotatable bonds is 5. The zero-order valence-corrected chi connectivity index (χ0v) is 12.6. The number of benzene rings is 1. The van der Waals surface area contributed by atoms with Crippen molar-refractivity contribution in [3.05, 3.63) is 36.2 Å². The van der Waals surface area contributed by atoms with Crippen LogP contribution >= 0.6 is 11.9 Å². The molecule has 1 heterocycles. The van der Waals surface area contributed by atoms with Gasteiger partial charge in [0, 0.05) is 16.5 Å². The smallest absolute Gasteiger partial charge is 0.271 e. The molecule has 0 saturated carbocycles. The third-order valence-corrected chi connectivity index (χ3v) is 3.66. The van der Waals surface area contributed by atoms with E-state index >= 15 is 0 Å². The van der Waals surface area contributed by atoms with Crippen LogP contribution in [0.1, 0.15) is 24.3 Å². The van der Waals surface area contributed by atoms with E-state index in [1.807, 2.05) is 24.3 Å². The first kappa shape index (κ1) is 15.3. The zero-order valence-electron chi connectivity index (χ0n) is 11.8. The number of carbonyl (C=O) groups excluding carboxylic acids is 1. The van der Waals surface area contributed by atoms with E-state index in [-0.39, 0.29) is 11.5 Å². The van der Waals surface area contributed by atoms with Crippen molar-refractivity contribution >= 4 is 23.7 Å². The van der Waals surface area contributed by atoms with E-state index in [0.29, 0.717) is 11.7 Å². The number of anilines is 1. The molecule has 2 aromatic rings. The molecule has 0 bridgehead atoms. The van der Waals surface area contributed by atoms with Gasteiger partial charge < -0.3 is 11.5 Å². The van der Waals surface area contributed by atoms with Crippen LogP contribution in [0.2, 0.25) is 0 Å². The van der Waals surface area contributed by atoms with Gasteiger partial charge in [-0.25, -0.2) is 9.97 Å². The van der Waals surface area contributed by atoms with Crippen molar-refractivity contribution in [3.8, 4) is 11.3 Å². The maximum absolute atomic E-state index is 11.3. The average Bonchev–Trinajstić information content (AvgIpc) is 2.45. The third kappa shape index (κ3) is 3.93. The quantitative estimate of drug-likeness (QED) is 0.727. The van der Waals surface area contributed by atoms with Crippen LogP contribution in [0, 0.1) is 0 Å². The molecule has 0 saturated heterocycles. The summed E-state index contributed by atoms with van der Waals surface area (Å²) in [4.78, 5) is 20.5. The van der Waals surface area contributed by atoms with Gasteiger partial charge in [-0.2, -0.15) is 0 Å². The minimum absolute atomic E-state index is 0.00846. The normalized spacial score (nSPS) is 10.8. The van der Waals surface area contributed by atoms with Gasteiger partial charge in [-0.1, -0.05) is 12.1 Å². The summed E-state index contributed by atoms with van der Waals surface area (Å²) in [7, 11) is 0. The number of nitrogens with one attached hydrogen (secondary N) is 1. The molecule has 5 N–H and O–H groups in total. The lowest BCUT2D eigenvalue weighted by atomic mass is 10.1. The van der Waals surface area contributed by atoms with Crippen LogP contribution in [0.5, 0.6) is 0 Å². The van der Waals surface area contributed by atoms with Crippen LogP contribution in [-0.4, -0.2) is 21.9 Å². The van der Waals surface area contributed by atoms with Crippen LogP contribution in [-0.2, 0) is 0 Å². The van der Waals surface area contributed by atoms with Gasteiger partial charge in [-0.3, -0.25) is 9.52 Å². The fourth-order valence-corrected chi connectivity index (χ4v) is 2.33. The third-order valence-electron chi connectivity index (χ3n) is 2.58. The van der Waals surface area contributed by atoms with E-state index in [1.165, 1.54) is 18.1 Å². The summed E-state index contributed by atoms with van der Waals surface area (Å²) in [6.07, 6.45) is 1.53. The molecule has 0 fully saturated rings. The second-order valence-corrected chi connectivity index (χ2v) is 5.67. The topological polar surface area (TPSA) is 107 Å². The molecule has 0 spiro atoms. The molecule has 0 aliphatic carbocycles. The molecule has 0 aliphatic rings. The molecule has 0 aliphatic heterocycles. The number of nitrogens with zero attached hydrogens (tertiary/aromatic N) is 2. The molecule has 2 rings (SSSR count). The average molecular weight is 303 g/mol. The van der Waals surface area contributed by atoms with Gasteiger partial charge in [-0.05, 0) is 37.9 Å². The maximum atomic E-state index is 11.3. The Hall–Kier alpha value is -2.12. The van der Waals surface area contributed by atoms with Crippen molar-refractivity contribution in [2.75, 3.05) is 5.73 Å². The first-order chi connectivity index (χ1) is 9.97. The maximum Gasteiger partial charge on any atom is 0.271 e. The number of aromatic nitrogens is 2. The van der Waals surface area contributed by atoms with E-state index in [0.717, 1.165) is 10.5 Å². The van der Waals surface area contributed by atoms with Crippen LogP contribution < -0.4 is 16.2 Å². The van der Waals surface area contributed by atoms with Crippen molar-refractivity contribution in [1.29, 1.82) is 0 Å². The number of hydrogen-bond donors (Lipinski definition) is 3. The summed E-state index contributed by atoms with van der Waals surface area (Å²) >= 11 is 1.54. The Balaban J connectivity index is 2.31. The number of nitrogens with two attached hydrogens (primary N) is 2. The van der Waals surface area contributed by atoms with Gasteiger partial charge in [0.1, 0.15) is 0 Å². The Bertz CT molecular complexity index is 660. The SMILES string of the molecule is CC(C)NSc1cccc(-c2cnc(N)c(C(N)=O)n2)c1. The fraction of sp³-hybridized carbons (Fsp3) is 0.214. The van der Waals surface area contributed by atoms with Crippen molar-refractivity contribution in [3.63, 3.8) is 0 Å². The predicted molar refractivity (Wildman–Crippen MR) is 84.5 cm³/mol. The molecule has 110 valence electrons. The molecule has 0 unspecified atom stereocenters. The van der Waals surface area contributed by atoms with Gasteiger partial charge in [0.25, 0.3) is 5.91 Å². The summed E-state index contributed by atoms with van der Waals surface area (Å²) in [5.41, 5.74) is 12.2. The van der Waals surface area contributed by atoms with E-state index in [4.69, 9.17) is 11.5 Å². The van der Waals surface area contributed by atoms with Gasteiger partial charge in [0.2, 0.25) is 0 Å². The van der Waals surface area contributed by atoms with Crippen molar-refractivity contribution in [2.24, 2.45) is 5.73 Å². The summed E-state index contributed by atoms with van der Waals surface area (Å²) in [6, 6.07) is 8.14. The Morgan fingerprint density at radius 3 is 2.81 bits per heavy atom. The first-order valence-corrected chi connectivity index (χ1v) is 7.24. The lowest BCUT2D eigenvalue weighted by Gasteiger charge is -2.09. The molecule has 7 heteroatoms. The zero-order chi connectivity index (χ0) is 15.4. The molecular weight excluding hydrogens is 286 g/mol. The molecule has 1 aromatic heterocycles. The molecule has 1 amide bonds. The van der Waals surface area contributed by atoms with Crippen LogP contribution in [0.4, 0.5) is 5.82 Å². The first-order valence-electron chi connectivity index (χ1n) is 6.42. The summed E-state index contributed by atoms with van der Waals surface area (Å²) < 4.78 is 3.27. The van der Waals surface area contributed by atoms with Crippen molar-refractivity contribution in [2.45, 2.75) is 24.8 Å². The highest BCUT2D eigenvalue weighted by Gasteiger charge is 2.11. The van der Waals surface area contributed by atoms with E-state index < -0.39 is 5.91 Å². The number of primary amides is 1. The van der Waals surface area contributed by atoms with E-state index in [1.54, 1.807) is 0 Å². The Morgan fingerprint density at radius 1 is 1.38 bits per heavy atom. The van der Waals surface area contributed by atoms with E-state index in [9.17, 15) is 4.79 Å². The van der Waals surface area contributed by atoms with Crippen molar-refractivity contribution < 1.29 is 4.79 Å². The second-order valence-electron chi connectivity index (χ2n) is 4.76. The van der Waals surface area contributed by atoms with Gasteiger partial charge in [-0.15, -0.1) is 0 Å². The lowest BCUT2D eigenvalue weighted by Crippen LogP contribution is -2.17. The summed E-state index contributed by atoms with van der Waals surface area (Å²) in [5, 5.41) is 0. The van der Waals surface area contributed by atoms with Crippen LogP contribution in [0.15, 0.2) is 35.4 Å². The van der Waals surface area contributed by atoms with Gasteiger partial charge in [0.15, 0.2) is 11.5 Å². The Kier molecular flexibility index (Phi) is 4.77. The molecule has 1 aromatic carbocycles. The highest BCUT2D eigenvalue weighted by Crippen LogP contribution is 2.24. The molecule has 21 heavy (non-hydrogen) atoms. The van der Waals surface area contributed by atoms with Crippen LogP contribution in [0.25, 0.3) is 11.3 Å². The number of carbonyl (C=O) groups is 1. The summed E-state index contributed by atoms with van der Waals surface area (Å²) in [5.74, 6) is -0.646. The Labute approximate surface area is 127 Å². The van der Waals surface area contributed by atoms with Crippen molar-refractivity contribution in [1.82, 2.24) is 14.7 Å². The molecule has 6 nitrogen and oxygen atoms in total. The minimum Gasteiger partial charge on any atom is -0.382 e. The predicted octanol–water partition coefficient (Wildman–Crippen LogP) is 1.83. The monoisotopic (exact) mass is 303 g/mol. The van der Waals surface area contributed by atoms with Gasteiger partial charge >= 0.3 is 0 Å². The molecule has 0 radical (unpaired) electrons. The lowest BCUT2D eigenvalue weighted by molar-refractivity contribution is 0.0996. The largest absolute Gasteiger partial charge is 0.382 e. The molecular formula is C14H17N5OS.